The number of hydrogen-bond acceptors (Lipinski definition) is 5. The van der Waals surface area contributed by atoms with Crippen molar-refractivity contribution < 1.29 is 17.6 Å². The first kappa shape index (κ1) is 13.1. The fourth-order valence-corrected chi connectivity index (χ4v) is 2.92. The van der Waals surface area contributed by atoms with Gasteiger partial charge in [-0.15, -0.1) is 0 Å². The van der Waals surface area contributed by atoms with Crippen molar-refractivity contribution in [3.8, 4) is 5.75 Å². The molecule has 106 valence electrons. The molecule has 0 amide bonds. The molecule has 2 heterocycles. The van der Waals surface area contributed by atoms with Crippen molar-refractivity contribution in [1.29, 1.82) is 0 Å². The van der Waals surface area contributed by atoms with Crippen LogP contribution in [0, 0.1) is 0 Å². The van der Waals surface area contributed by atoms with E-state index in [0.717, 1.165) is 5.76 Å². The van der Waals surface area contributed by atoms with Gasteiger partial charge in [-0.05, 0) is 37.3 Å². The molecule has 1 aromatic carbocycles. The molecule has 3 rings (SSSR count). The number of sulfone groups is 1. The van der Waals surface area contributed by atoms with Gasteiger partial charge in [0.05, 0.1) is 22.9 Å². The number of benzene rings is 1. The molecule has 6 heteroatoms. The molecule has 20 heavy (non-hydrogen) atoms. The lowest BCUT2D eigenvalue weighted by atomic mass is 10.1. The van der Waals surface area contributed by atoms with E-state index in [2.05, 4.69) is 5.32 Å². The Balaban J connectivity index is 1.97. The normalized spacial score (nSPS) is 21.7. The van der Waals surface area contributed by atoms with Gasteiger partial charge in [-0.25, -0.2) is 8.42 Å². The highest BCUT2D eigenvalue weighted by atomic mass is 32.2. The van der Waals surface area contributed by atoms with Crippen LogP contribution in [-0.4, -0.2) is 20.7 Å². The molecule has 0 spiro atoms. The van der Waals surface area contributed by atoms with Gasteiger partial charge in [0.15, 0.2) is 15.9 Å². The van der Waals surface area contributed by atoms with Crippen molar-refractivity contribution in [3.05, 3.63) is 42.4 Å². The zero-order valence-electron chi connectivity index (χ0n) is 11.2. The van der Waals surface area contributed by atoms with Gasteiger partial charge in [0, 0.05) is 6.26 Å². The summed E-state index contributed by atoms with van der Waals surface area (Å²) >= 11 is 0. The Morgan fingerprint density at radius 3 is 2.70 bits per heavy atom. The maximum Gasteiger partial charge on any atom is 0.176 e. The van der Waals surface area contributed by atoms with Crippen LogP contribution in [0.5, 0.6) is 5.75 Å². The van der Waals surface area contributed by atoms with Gasteiger partial charge in [0.2, 0.25) is 0 Å². The molecule has 0 aliphatic carbocycles. The molecule has 0 radical (unpaired) electrons. The van der Waals surface area contributed by atoms with Gasteiger partial charge < -0.3 is 14.5 Å². The van der Waals surface area contributed by atoms with Crippen molar-refractivity contribution in [3.63, 3.8) is 0 Å². The number of furan rings is 1. The third-order valence-corrected chi connectivity index (χ3v) is 4.40. The van der Waals surface area contributed by atoms with Crippen molar-refractivity contribution in [2.45, 2.75) is 24.0 Å². The molecule has 1 aliphatic heterocycles. The van der Waals surface area contributed by atoms with Crippen LogP contribution in [0.2, 0.25) is 0 Å². The summed E-state index contributed by atoms with van der Waals surface area (Å²) in [5, 5.41) is 3.26. The van der Waals surface area contributed by atoms with Crippen molar-refractivity contribution >= 4 is 15.5 Å². The van der Waals surface area contributed by atoms with Crippen LogP contribution >= 0.6 is 0 Å². The Morgan fingerprint density at radius 2 is 2.05 bits per heavy atom. The number of ether oxygens (including phenoxy) is 1. The van der Waals surface area contributed by atoms with Gasteiger partial charge >= 0.3 is 0 Å². The van der Waals surface area contributed by atoms with E-state index in [4.69, 9.17) is 9.15 Å². The van der Waals surface area contributed by atoms with E-state index < -0.39 is 9.84 Å². The molecule has 1 aliphatic rings. The lowest BCUT2D eigenvalue weighted by molar-refractivity contribution is 0.150. The molecule has 0 saturated heterocycles. The van der Waals surface area contributed by atoms with Crippen molar-refractivity contribution in [2.24, 2.45) is 0 Å². The van der Waals surface area contributed by atoms with Crippen LogP contribution in [0.4, 0.5) is 5.69 Å². The minimum Gasteiger partial charge on any atom is -0.478 e. The summed E-state index contributed by atoms with van der Waals surface area (Å²) in [5.41, 5.74) is 0.684. The van der Waals surface area contributed by atoms with E-state index in [1.54, 1.807) is 24.5 Å². The Kier molecular flexibility index (Phi) is 2.97. The zero-order chi connectivity index (χ0) is 14.3. The summed E-state index contributed by atoms with van der Waals surface area (Å²) in [6, 6.07) is 8.46. The molecule has 5 nitrogen and oxygen atoms in total. The summed E-state index contributed by atoms with van der Waals surface area (Å²) in [7, 11) is -3.22. The second-order valence-corrected chi connectivity index (χ2v) is 6.93. The van der Waals surface area contributed by atoms with Crippen LogP contribution in [0.15, 0.2) is 45.9 Å². The third kappa shape index (κ3) is 2.27. The van der Waals surface area contributed by atoms with Crippen molar-refractivity contribution in [2.75, 3.05) is 11.6 Å². The van der Waals surface area contributed by atoms with E-state index in [1.165, 1.54) is 6.26 Å². The Morgan fingerprint density at radius 1 is 1.25 bits per heavy atom. The van der Waals surface area contributed by atoms with Crippen LogP contribution < -0.4 is 10.1 Å². The maximum absolute atomic E-state index is 11.6. The molecular weight excluding hydrogens is 278 g/mol. The zero-order valence-corrected chi connectivity index (χ0v) is 12.0. The van der Waals surface area contributed by atoms with Gasteiger partial charge in [-0.2, -0.15) is 0 Å². The van der Waals surface area contributed by atoms with Crippen LogP contribution in [0.3, 0.4) is 0 Å². The lowest BCUT2D eigenvalue weighted by Gasteiger charge is -2.32. The predicted octanol–water partition coefficient (Wildman–Crippen LogP) is 2.62. The molecule has 1 aromatic heterocycles. The first-order valence-corrected chi connectivity index (χ1v) is 8.15. The predicted molar refractivity (Wildman–Crippen MR) is 74.7 cm³/mol. The Bertz CT molecular complexity index is 722. The minimum atomic E-state index is -3.22. The fraction of sp³-hybridized carbons (Fsp3) is 0.286. The first-order valence-electron chi connectivity index (χ1n) is 6.26. The van der Waals surface area contributed by atoms with Crippen LogP contribution in [-0.2, 0) is 9.84 Å². The molecule has 2 unspecified atom stereocenters. The highest BCUT2D eigenvalue weighted by Crippen LogP contribution is 2.38. The third-order valence-electron chi connectivity index (χ3n) is 3.29. The number of nitrogens with one attached hydrogen (secondary N) is 1. The molecule has 0 bridgehead atoms. The highest BCUT2D eigenvalue weighted by molar-refractivity contribution is 7.90. The first-order chi connectivity index (χ1) is 9.45. The molecule has 1 N–H and O–H groups in total. The minimum absolute atomic E-state index is 0.0246. The smallest absolute Gasteiger partial charge is 0.176 e. The number of hydrogen-bond donors (Lipinski definition) is 1. The number of fused-ring (bicyclic) bond motifs is 1. The highest BCUT2D eigenvalue weighted by Gasteiger charge is 2.30. The summed E-state index contributed by atoms with van der Waals surface area (Å²) in [6.45, 7) is 1.96. The van der Waals surface area contributed by atoms with Gasteiger partial charge in [-0.3, -0.25) is 0 Å². The maximum atomic E-state index is 11.6. The number of rotatable bonds is 2. The fourth-order valence-electron chi connectivity index (χ4n) is 2.27. The molecule has 2 atom stereocenters. The quantitative estimate of drug-likeness (QED) is 0.921. The van der Waals surface area contributed by atoms with E-state index in [-0.39, 0.29) is 17.0 Å². The topological polar surface area (TPSA) is 68.5 Å². The summed E-state index contributed by atoms with van der Waals surface area (Å²) in [6.07, 6.45) is 2.56. The summed E-state index contributed by atoms with van der Waals surface area (Å²) in [4.78, 5) is 0.274. The molecular formula is C14H15NO4S. The standard InChI is InChI=1S/C14H15NO4S/c1-9-14(13-4-3-7-18-13)19-12-6-5-10(20(2,16)17)8-11(12)15-9/h3-9,14-15H,1-2H3. The van der Waals surface area contributed by atoms with Crippen molar-refractivity contribution in [1.82, 2.24) is 0 Å². The molecule has 0 saturated carbocycles. The largest absolute Gasteiger partial charge is 0.478 e. The van der Waals surface area contributed by atoms with E-state index in [9.17, 15) is 8.42 Å². The molecule has 0 fully saturated rings. The van der Waals surface area contributed by atoms with Gasteiger partial charge in [0.25, 0.3) is 0 Å². The van der Waals surface area contributed by atoms with E-state index in [0.29, 0.717) is 11.4 Å². The lowest BCUT2D eigenvalue weighted by Crippen LogP contribution is -2.32. The summed E-state index contributed by atoms with van der Waals surface area (Å²) < 4.78 is 34.4. The average Bonchev–Trinajstić information content (AvgIpc) is 2.89. The van der Waals surface area contributed by atoms with Crippen LogP contribution in [0.25, 0.3) is 0 Å². The Labute approximate surface area is 117 Å². The number of anilines is 1. The second kappa shape index (κ2) is 4.56. The monoisotopic (exact) mass is 293 g/mol. The second-order valence-electron chi connectivity index (χ2n) is 4.92. The summed E-state index contributed by atoms with van der Waals surface area (Å²) in [5.74, 6) is 1.36. The molecule has 2 aromatic rings. The Hall–Kier alpha value is -1.95. The van der Waals surface area contributed by atoms with Gasteiger partial charge in [0.1, 0.15) is 11.5 Å². The van der Waals surface area contributed by atoms with Gasteiger partial charge in [-0.1, -0.05) is 0 Å². The van der Waals surface area contributed by atoms with E-state index >= 15 is 0 Å². The average molecular weight is 293 g/mol. The van der Waals surface area contributed by atoms with Crippen LogP contribution in [0.1, 0.15) is 18.8 Å². The SMILES string of the molecule is CC1Nc2cc(S(C)(=O)=O)ccc2OC1c1ccco1. The van der Waals surface area contributed by atoms with E-state index in [1.807, 2.05) is 19.1 Å².